The van der Waals surface area contributed by atoms with Gasteiger partial charge in [-0.2, -0.15) is 26.3 Å². The molecule has 1 aromatic carbocycles. The first kappa shape index (κ1) is 38.6. The minimum atomic E-state index is -5.08. The van der Waals surface area contributed by atoms with Crippen LogP contribution in [0.1, 0.15) is 43.6 Å². The number of nitrogens with one attached hydrogen (secondary N) is 1. The van der Waals surface area contributed by atoms with E-state index in [0.717, 1.165) is 18.9 Å². The normalized spacial score (nSPS) is 10.8. The van der Waals surface area contributed by atoms with Gasteiger partial charge in [0.15, 0.2) is 11.5 Å². The van der Waals surface area contributed by atoms with Crippen molar-refractivity contribution >= 4 is 35.6 Å². The van der Waals surface area contributed by atoms with E-state index in [9.17, 15) is 31.1 Å². The topological polar surface area (TPSA) is 146 Å². The molecule has 17 heteroatoms. The Morgan fingerprint density at radius 2 is 1.60 bits per heavy atom. The number of alkyl halides is 6. The van der Waals surface area contributed by atoms with Gasteiger partial charge in [0.25, 0.3) is 12.4 Å². The maximum atomic E-state index is 12.6. The van der Waals surface area contributed by atoms with Crippen LogP contribution in [0, 0.1) is 0 Å². The molecule has 3 rings (SSSR count). The molecule has 2 aromatic heterocycles. The predicted octanol–water partition coefficient (Wildman–Crippen LogP) is 5.26. The molecule has 3 N–H and O–H groups in total. The average molecular weight is 626 g/mol. The number of carbonyl (C=O) groups is 3. The SMILES string of the molecule is CCN(CCOC)c1ccc2nc(NC(=O)c3ccc(C(C)(C)C)cc3)cn2n1.FC(F)F.O=C(O)C(F)(F)F.O=CO. The molecule has 0 bridgehead atoms. The largest absolute Gasteiger partial charge is 0.490 e. The lowest BCUT2D eigenvalue weighted by molar-refractivity contribution is -0.192. The van der Waals surface area contributed by atoms with Gasteiger partial charge in [0.1, 0.15) is 5.82 Å². The number of anilines is 2. The number of likely N-dealkylation sites (N-methyl/N-ethyl adjacent to an activating group) is 1. The van der Waals surface area contributed by atoms with Crippen molar-refractivity contribution in [2.24, 2.45) is 0 Å². The Bertz CT molecular complexity index is 1280. The van der Waals surface area contributed by atoms with Crippen molar-refractivity contribution in [1.29, 1.82) is 0 Å². The van der Waals surface area contributed by atoms with E-state index < -0.39 is 18.8 Å². The van der Waals surface area contributed by atoms with Crippen molar-refractivity contribution in [3.63, 3.8) is 0 Å². The minimum Gasteiger partial charge on any atom is -0.483 e. The Balaban J connectivity index is 0.00000105. The number of imidazole rings is 1. The monoisotopic (exact) mass is 625 g/mol. The highest BCUT2D eigenvalue weighted by Crippen LogP contribution is 2.22. The van der Waals surface area contributed by atoms with Crippen molar-refractivity contribution in [2.75, 3.05) is 37.0 Å². The molecule has 0 radical (unpaired) electrons. The van der Waals surface area contributed by atoms with Gasteiger partial charge in [-0.25, -0.2) is 14.3 Å². The molecule has 1 amide bonds. The van der Waals surface area contributed by atoms with Crippen molar-refractivity contribution in [1.82, 2.24) is 14.6 Å². The van der Waals surface area contributed by atoms with Crippen LogP contribution in [0.5, 0.6) is 0 Å². The Morgan fingerprint density at radius 3 is 2.02 bits per heavy atom. The highest BCUT2D eigenvalue weighted by Gasteiger charge is 2.38. The van der Waals surface area contributed by atoms with Gasteiger partial charge in [0.05, 0.1) is 12.8 Å². The molecular formula is C26H33F6N5O6. The van der Waals surface area contributed by atoms with Crippen LogP contribution in [0.3, 0.4) is 0 Å². The van der Waals surface area contributed by atoms with E-state index in [4.69, 9.17) is 24.5 Å². The minimum absolute atomic E-state index is 0.0512. The molecule has 2 heterocycles. The van der Waals surface area contributed by atoms with Crippen LogP contribution in [0.25, 0.3) is 5.65 Å². The van der Waals surface area contributed by atoms with Gasteiger partial charge in [-0.3, -0.25) is 9.59 Å². The van der Waals surface area contributed by atoms with Crippen molar-refractivity contribution in [2.45, 2.75) is 46.0 Å². The first-order valence-corrected chi connectivity index (χ1v) is 12.2. The fourth-order valence-corrected chi connectivity index (χ4v) is 3.05. The summed E-state index contributed by atoms with van der Waals surface area (Å²) in [6.07, 6.45) is -3.36. The number of ether oxygens (including phenoxy) is 1. The average Bonchev–Trinajstić information content (AvgIpc) is 3.30. The number of amides is 1. The van der Waals surface area contributed by atoms with E-state index in [-0.39, 0.29) is 17.8 Å². The number of hydrogen-bond donors (Lipinski definition) is 3. The predicted molar refractivity (Wildman–Crippen MR) is 145 cm³/mol. The van der Waals surface area contributed by atoms with Gasteiger partial charge in [-0.1, -0.05) is 32.9 Å². The first-order chi connectivity index (χ1) is 19.9. The number of halogens is 6. The summed E-state index contributed by atoms with van der Waals surface area (Å²) >= 11 is 0. The molecule has 3 aromatic rings. The van der Waals surface area contributed by atoms with E-state index in [0.29, 0.717) is 23.6 Å². The first-order valence-electron chi connectivity index (χ1n) is 12.2. The van der Waals surface area contributed by atoms with E-state index in [2.05, 4.69) is 48.0 Å². The number of benzene rings is 1. The zero-order valence-corrected chi connectivity index (χ0v) is 23.9. The highest BCUT2D eigenvalue weighted by molar-refractivity contribution is 6.03. The Kier molecular flexibility index (Phi) is 16.3. The summed E-state index contributed by atoms with van der Waals surface area (Å²) in [5.74, 6) is -1.64. The van der Waals surface area contributed by atoms with Crippen LogP contribution >= 0.6 is 0 Å². The Hall–Kier alpha value is -4.41. The summed E-state index contributed by atoms with van der Waals surface area (Å²) in [5, 5.41) is 21.5. The van der Waals surface area contributed by atoms with Gasteiger partial charge in [-0.05, 0) is 42.2 Å². The molecule has 0 atom stereocenters. The molecule has 43 heavy (non-hydrogen) atoms. The second-order valence-electron chi connectivity index (χ2n) is 9.13. The molecule has 0 fully saturated rings. The summed E-state index contributed by atoms with van der Waals surface area (Å²) in [6.45, 7) is 6.82. The lowest BCUT2D eigenvalue weighted by Crippen LogP contribution is -2.28. The van der Waals surface area contributed by atoms with E-state index in [1.54, 1.807) is 17.8 Å². The second kappa shape index (κ2) is 18.2. The van der Waals surface area contributed by atoms with Gasteiger partial charge in [0.2, 0.25) is 0 Å². The number of hydrogen-bond acceptors (Lipinski definition) is 7. The van der Waals surface area contributed by atoms with Crippen LogP contribution in [-0.4, -0.2) is 82.8 Å². The zero-order valence-electron chi connectivity index (χ0n) is 23.9. The number of carbonyl (C=O) groups excluding carboxylic acids is 1. The van der Waals surface area contributed by atoms with Crippen molar-refractivity contribution in [3.8, 4) is 0 Å². The van der Waals surface area contributed by atoms with Crippen LogP contribution in [-0.2, 0) is 19.7 Å². The van der Waals surface area contributed by atoms with Crippen LogP contribution in [0.4, 0.5) is 38.0 Å². The number of fused-ring (bicyclic) bond motifs is 1. The summed E-state index contributed by atoms with van der Waals surface area (Å²) in [5.41, 5.74) is 2.51. The summed E-state index contributed by atoms with van der Waals surface area (Å²) in [4.78, 5) is 36.4. The lowest BCUT2D eigenvalue weighted by Gasteiger charge is -2.21. The molecule has 11 nitrogen and oxygen atoms in total. The van der Waals surface area contributed by atoms with Crippen molar-refractivity contribution < 1.29 is 55.7 Å². The third-order valence-corrected chi connectivity index (χ3v) is 5.07. The van der Waals surface area contributed by atoms with Crippen molar-refractivity contribution in [3.05, 3.63) is 53.7 Å². The fourth-order valence-electron chi connectivity index (χ4n) is 3.05. The van der Waals surface area contributed by atoms with Crippen LogP contribution < -0.4 is 10.2 Å². The fraction of sp³-hybridized carbons (Fsp3) is 0.423. The van der Waals surface area contributed by atoms with Gasteiger partial charge in [-0.15, -0.1) is 5.10 Å². The van der Waals surface area contributed by atoms with E-state index >= 15 is 0 Å². The number of rotatable bonds is 7. The number of carboxylic acid groups (broad SMARTS) is 2. The van der Waals surface area contributed by atoms with Gasteiger partial charge >= 0.3 is 18.8 Å². The number of nitrogens with zero attached hydrogens (tertiary/aromatic N) is 4. The molecular weight excluding hydrogens is 592 g/mol. The Morgan fingerprint density at radius 1 is 1.09 bits per heavy atom. The molecule has 0 aliphatic heterocycles. The molecule has 0 unspecified atom stereocenters. The second-order valence-corrected chi connectivity index (χ2v) is 9.13. The summed E-state index contributed by atoms with van der Waals surface area (Å²) in [6, 6.07) is 11.5. The Labute approximate surface area is 243 Å². The van der Waals surface area contributed by atoms with Gasteiger partial charge < -0.3 is 25.2 Å². The number of methoxy groups -OCH3 is 1. The van der Waals surface area contributed by atoms with Crippen LogP contribution in [0.15, 0.2) is 42.6 Å². The lowest BCUT2D eigenvalue weighted by atomic mass is 9.87. The standard InChI is InChI=1S/C22H29N5O2.C2HF3O2.CHF3.CH2O2/c1-6-26(13-14-29-5)20-12-11-19-23-18(15-27(19)25-20)24-21(28)16-7-9-17(10-8-16)22(2,3)4;3-2(4,5)1(6)7;2-1(3)4;2-1-3/h7-12,15H,6,13-14H2,1-5H3,(H,24,28);(H,6,7);1H;1H,(H,2,3). The molecule has 0 saturated carbocycles. The van der Waals surface area contributed by atoms with Crippen LogP contribution in [0.2, 0.25) is 0 Å². The smallest absolute Gasteiger partial charge is 0.483 e. The number of carboxylic acids is 1. The van der Waals surface area contributed by atoms with E-state index in [1.807, 2.05) is 36.4 Å². The molecule has 0 aliphatic carbocycles. The number of aromatic nitrogens is 3. The molecule has 240 valence electrons. The highest BCUT2D eigenvalue weighted by atomic mass is 19.4. The zero-order chi connectivity index (χ0) is 33.4. The maximum Gasteiger partial charge on any atom is 0.490 e. The molecule has 0 saturated heterocycles. The molecule has 0 aliphatic rings. The van der Waals surface area contributed by atoms with Gasteiger partial charge in [0, 0.05) is 25.8 Å². The molecule has 0 spiro atoms. The summed E-state index contributed by atoms with van der Waals surface area (Å²) < 4.78 is 67.6. The third-order valence-electron chi connectivity index (χ3n) is 5.07. The third kappa shape index (κ3) is 14.9. The maximum absolute atomic E-state index is 12.6. The summed E-state index contributed by atoms with van der Waals surface area (Å²) in [7, 11) is 1.69. The quantitative estimate of drug-likeness (QED) is 0.236. The number of aliphatic carboxylic acids is 1. The van der Waals surface area contributed by atoms with E-state index in [1.165, 1.54) is 5.56 Å².